The molecule has 0 aliphatic carbocycles. The van der Waals surface area contributed by atoms with Crippen molar-refractivity contribution in [3.05, 3.63) is 47.2 Å². The van der Waals surface area contributed by atoms with Crippen LogP contribution in [0.4, 0.5) is 0 Å². The molecule has 3 aromatic rings. The number of rotatable bonds is 5. The Morgan fingerprint density at radius 3 is 2.93 bits per heavy atom. The molecule has 1 unspecified atom stereocenters. The first-order chi connectivity index (χ1) is 14.0. The minimum atomic E-state index is 0.277. The van der Waals surface area contributed by atoms with E-state index in [0.717, 1.165) is 65.8 Å². The van der Waals surface area contributed by atoms with Gasteiger partial charge in [-0.25, -0.2) is 14.7 Å². The molecule has 2 N–H and O–H groups in total. The Balaban J connectivity index is 1.46. The number of fused-ring (bicyclic) bond motifs is 2. The van der Waals surface area contributed by atoms with E-state index in [4.69, 9.17) is 9.41 Å². The van der Waals surface area contributed by atoms with Crippen molar-refractivity contribution in [2.24, 2.45) is 4.99 Å². The zero-order valence-electron chi connectivity index (χ0n) is 17.7. The minimum Gasteiger partial charge on any atom is -0.459 e. The van der Waals surface area contributed by atoms with Crippen LogP contribution in [0, 0.1) is 6.92 Å². The van der Waals surface area contributed by atoms with Gasteiger partial charge in [0.25, 0.3) is 0 Å². The molecule has 1 atom stereocenters. The number of furan rings is 1. The molecule has 4 rings (SSSR count). The highest BCUT2D eigenvalue weighted by molar-refractivity contribution is 5.82. The van der Waals surface area contributed by atoms with E-state index in [-0.39, 0.29) is 6.04 Å². The summed E-state index contributed by atoms with van der Waals surface area (Å²) in [4.78, 5) is 9.45. The Kier molecular flexibility index (Phi) is 5.56. The quantitative estimate of drug-likeness (QED) is 0.511. The van der Waals surface area contributed by atoms with E-state index in [1.807, 2.05) is 22.9 Å². The third-order valence-electron chi connectivity index (χ3n) is 5.40. The molecule has 0 saturated heterocycles. The maximum atomic E-state index is 6.00. The van der Waals surface area contributed by atoms with Gasteiger partial charge in [-0.05, 0) is 26.3 Å². The van der Waals surface area contributed by atoms with Crippen LogP contribution in [-0.2, 0) is 19.5 Å². The topological polar surface area (TPSA) is 80.3 Å². The monoisotopic (exact) mass is 394 g/mol. The molecule has 1 aromatic carbocycles. The highest BCUT2D eigenvalue weighted by Crippen LogP contribution is 2.25. The number of guanidine groups is 1. The fraction of sp³-hybridized carbons (Fsp3) is 0.500. The molecule has 154 valence electrons. The summed E-state index contributed by atoms with van der Waals surface area (Å²) in [7, 11) is 0. The molecule has 2 aromatic heterocycles. The van der Waals surface area contributed by atoms with Crippen LogP contribution in [0.1, 0.15) is 56.1 Å². The van der Waals surface area contributed by atoms with Crippen LogP contribution < -0.4 is 10.6 Å². The van der Waals surface area contributed by atoms with E-state index in [9.17, 15) is 0 Å². The van der Waals surface area contributed by atoms with Gasteiger partial charge in [-0.1, -0.05) is 32.0 Å². The lowest BCUT2D eigenvalue weighted by Gasteiger charge is -2.25. The third kappa shape index (κ3) is 4.13. The van der Waals surface area contributed by atoms with E-state index in [1.165, 1.54) is 0 Å². The zero-order chi connectivity index (χ0) is 20.4. The summed E-state index contributed by atoms with van der Waals surface area (Å²) in [5.74, 6) is 4.09. The van der Waals surface area contributed by atoms with Crippen molar-refractivity contribution in [1.29, 1.82) is 0 Å². The standard InChI is InChI=1S/C22H30N6O/c1-5-23-22(24-12-19-15(4)17-8-6-7-9-18(17)29-19)25-16-10-11-20-26-21(14(2)3)27-28(20)13-16/h6-9,14,16H,5,10-13H2,1-4H3,(H2,23,24,25). The van der Waals surface area contributed by atoms with Gasteiger partial charge >= 0.3 is 0 Å². The largest absolute Gasteiger partial charge is 0.459 e. The summed E-state index contributed by atoms with van der Waals surface area (Å²) >= 11 is 0. The lowest BCUT2D eigenvalue weighted by Crippen LogP contribution is -2.47. The molecule has 0 radical (unpaired) electrons. The van der Waals surface area contributed by atoms with Crippen LogP contribution >= 0.6 is 0 Å². The summed E-state index contributed by atoms with van der Waals surface area (Å²) in [6.07, 6.45) is 1.95. The molecule has 7 nitrogen and oxygen atoms in total. The SMILES string of the molecule is CCNC(=NCc1oc2ccccc2c1C)NC1CCc2nc(C(C)C)nn2C1. The summed E-state index contributed by atoms with van der Waals surface area (Å²) in [5, 5.41) is 12.7. The fourth-order valence-electron chi connectivity index (χ4n) is 3.73. The van der Waals surface area contributed by atoms with Gasteiger partial charge in [0.05, 0.1) is 6.54 Å². The second-order valence-electron chi connectivity index (χ2n) is 7.94. The van der Waals surface area contributed by atoms with Crippen molar-refractivity contribution in [2.45, 2.75) is 65.6 Å². The fourth-order valence-corrected chi connectivity index (χ4v) is 3.73. The number of benzene rings is 1. The van der Waals surface area contributed by atoms with E-state index in [0.29, 0.717) is 12.5 Å². The molecule has 0 saturated carbocycles. The number of aliphatic imine (C=N–C) groups is 1. The first kappa shape index (κ1) is 19.5. The van der Waals surface area contributed by atoms with E-state index < -0.39 is 0 Å². The Bertz CT molecular complexity index is 1020. The number of hydrogen-bond donors (Lipinski definition) is 2. The molecule has 1 aliphatic rings. The molecule has 7 heteroatoms. The van der Waals surface area contributed by atoms with Crippen molar-refractivity contribution < 1.29 is 4.42 Å². The minimum absolute atomic E-state index is 0.277. The normalized spacial score (nSPS) is 17.0. The number of aryl methyl sites for hydroxylation is 2. The van der Waals surface area contributed by atoms with Crippen LogP contribution in [-0.4, -0.2) is 33.3 Å². The molecule has 0 amide bonds. The van der Waals surface area contributed by atoms with Crippen LogP contribution in [0.25, 0.3) is 11.0 Å². The zero-order valence-corrected chi connectivity index (χ0v) is 17.7. The average molecular weight is 395 g/mol. The smallest absolute Gasteiger partial charge is 0.191 e. The van der Waals surface area contributed by atoms with Crippen molar-refractivity contribution in [2.75, 3.05) is 6.54 Å². The van der Waals surface area contributed by atoms with E-state index in [1.54, 1.807) is 0 Å². The van der Waals surface area contributed by atoms with Crippen LogP contribution in [0.2, 0.25) is 0 Å². The highest BCUT2D eigenvalue weighted by atomic mass is 16.3. The maximum absolute atomic E-state index is 6.00. The predicted octanol–water partition coefficient (Wildman–Crippen LogP) is 3.53. The Morgan fingerprint density at radius 1 is 1.34 bits per heavy atom. The van der Waals surface area contributed by atoms with Gasteiger partial charge in [-0.15, -0.1) is 0 Å². The summed E-state index contributed by atoms with van der Waals surface area (Å²) in [6, 6.07) is 8.40. The van der Waals surface area contributed by atoms with Gasteiger partial charge in [0, 0.05) is 35.9 Å². The number of hydrogen-bond acceptors (Lipinski definition) is 4. The number of nitrogens with zero attached hydrogens (tertiary/aromatic N) is 4. The van der Waals surface area contributed by atoms with Crippen molar-refractivity contribution in [1.82, 2.24) is 25.4 Å². The van der Waals surface area contributed by atoms with Crippen LogP contribution in [0.5, 0.6) is 0 Å². The van der Waals surface area contributed by atoms with Crippen molar-refractivity contribution >= 4 is 16.9 Å². The lowest BCUT2D eigenvalue weighted by molar-refractivity contribution is 0.391. The summed E-state index contributed by atoms with van der Waals surface area (Å²) in [6.45, 7) is 10.6. The molecule has 0 fully saturated rings. The second-order valence-corrected chi connectivity index (χ2v) is 7.94. The third-order valence-corrected chi connectivity index (χ3v) is 5.40. The van der Waals surface area contributed by atoms with Gasteiger partial charge in [0.1, 0.15) is 23.7 Å². The first-order valence-corrected chi connectivity index (χ1v) is 10.5. The Labute approximate surface area is 171 Å². The molecular weight excluding hydrogens is 364 g/mol. The maximum Gasteiger partial charge on any atom is 0.191 e. The van der Waals surface area contributed by atoms with Gasteiger partial charge in [-0.2, -0.15) is 5.10 Å². The number of para-hydroxylation sites is 1. The Hall–Kier alpha value is -2.83. The molecule has 29 heavy (non-hydrogen) atoms. The van der Waals surface area contributed by atoms with Crippen molar-refractivity contribution in [3.8, 4) is 0 Å². The first-order valence-electron chi connectivity index (χ1n) is 10.5. The van der Waals surface area contributed by atoms with Gasteiger partial charge in [-0.3, -0.25) is 0 Å². The molecule has 0 bridgehead atoms. The van der Waals surface area contributed by atoms with E-state index >= 15 is 0 Å². The van der Waals surface area contributed by atoms with Gasteiger partial charge in [0.2, 0.25) is 0 Å². The summed E-state index contributed by atoms with van der Waals surface area (Å²) in [5.41, 5.74) is 2.08. The van der Waals surface area contributed by atoms with Gasteiger partial charge < -0.3 is 15.1 Å². The Morgan fingerprint density at radius 2 is 2.17 bits per heavy atom. The van der Waals surface area contributed by atoms with Crippen molar-refractivity contribution in [3.63, 3.8) is 0 Å². The lowest BCUT2D eigenvalue weighted by atomic mass is 10.1. The highest BCUT2D eigenvalue weighted by Gasteiger charge is 2.23. The number of nitrogens with one attached hydrogen (secondary N) is 2. The van der Waals surface area contributed by atoms with E-state index in [2.05, 4.69) is 54.5 Å². The predicted molar refractivity (Wildman–Crippen MR) is 115 cm³/mol. The van der Waals surface area contributed by atoms with Gasteiger partial charge in [0.15, 0.2) is 11.8 Å². The number of aromatic nitrogens is 3. The average Bonchev–Trinajstić information content (AvgIpc) is 3.28. The summed E-state index contributed by atoms with van der Waals surface area (Å²) < 4.78 is 8.05. The molecular formula is C22H30N6O. The van der Waals surface area contributed by atoms with Crippen LogP contribution in [0.15, 0.2) is 33.7 Å². The molecule has 1 aliphatic heterocycles. The molecule has 3 heterocycles. The molecule has 0 spiro atoms. The second kappa shape index (κ2) is 8.27. The van der Waals surface area contributed by atoms with Crippen LogP contribution in [0.3, 0.4) is 0 Å².